The number of fused-ring (bicyclic) bond motifs is 5. The highest BCUT2D eigenvalue weighted by Gasteiger charge is 2.25. The van der Waals surface area contributed by atoms with Crippen LogP contribution in [0, 0.1) is 0 Å². The second-order valence-corrected chi connectivity index (χ2v) is 10.5. The molecule has 1 fully saturated rings. The first-order valence-corrected chi connectivity index (χ1v) is 12.5. The number of rotatable bonds is 5. The summed E-state index contributed by atoms with van der Waals surface area (Å²) in [5, 5.41) is 14.2. The summed E-state index contributed by atoms with van der Waals surface area (Å²) in [6.07, 6.45) is 9.39. The van der Waals surface area contributed by atoms with Gasteiger partial charge < -0.3 is 5.32 Å². The Bertz CT molecular complexity index is 1060. The molecular weight excluding hydrogens is 402 g/mol. The first-order chi connectivity index (χ1) is 14.1. The molecule has 0 unspecified atom stereocenters. The van der Waals surface area contributed by atoms with E-state index < -0.39 is 0 Å². The number of thiophene rings is 1. The number of carbonyl (C=O) groups excluding carboxylic acids is 1. The summed E-state index contributed by atoms with van der Waals surface area (Å²) in [5.74, 6) is 1.69. The van der Waals surface area contributed by atoms with Crippen molar-refractivity contribution in [1.29, 1.82) is 0 Å². The lowest BCUT2D eigenvalue weighted by Crippen LogP contribution is -2.33. The second-order valence-electron chi connectivity index (χ2n) is 8.49. The largest absolute Gasteiger partial charge is 0.353 e. The molecule has 8 heteroatoms. The molecule has 3 aromatic rings. The molecule has 3 aromatic heterocycles. The molecular formula is C21H27N5OS2. The average Bonchev–Trinajstić information content (AvgIpc) is 3.43. The van der Waals surface area contributed by atoms with Gasteiger partial charge in [-0.2, -0.15) is 0 Å². The molecule has 0 radical (unpaired) electrons. The predicted molar refractivity (Wildman–Crippen MR) is 118 cm³/mol. The van der Waals surface area contributed by atoms with Crippen LogP contribution >= 0.6 is 23.1 Å². The molecule has 1 saturated carbocycles. The van der Waals surface area contributed by atoms with E-state index in [2.05, 4.69) is 33.8 Å². The molecule has 0 saturated heterocycles. The zero-order valence-corrected chi connectivity index (χ0v) is 18.7. The molecule has 1 amide bonds. The molecule has 2 aliphatic rings. The number of hydrogen-bond donors (Lipinski definition) is 1. The van der Waals surface area contributed by atoms with Gasteiger partial charge in [0.1, 0.15) is 10.7 Å². The molecule has 154 valence electrons. The van der Waals surface area contributed by atoms with Gasteiger partial charge in [-0.15, -0.1) is 21.5 Å². The number of nitrogens with zero attached hydrogens (tertiary/aromatic N) is 4. The average molecular weight is 430 g/mol. The summed E-state index contributed by atoms with van der Waals surface area (Å²) in [6.45, 7) is 4.31. The van der Waals surface area contributed by atoms with Crippen LogP contribution in [0.2, 0.25) is 0 Å². The van der Waals surface area contributed by atoms with Crippen LogP contribution < -0.4 is 5.32 Å². The highest BCUT2D eigenvalue weighted by atomic mass is 32.2. The van der Waals surface area contributed by atoms with Gasteiger partial charge in [-0.25, -0.2) is 4.98 Å². The molecule has 2 aliphatic carbocycles. The van der Waals surface area contributed by atoms with Gasteiger partial charge in [0.2, 0.25) is 5.91 Å². The third kappa shape index (κ3) is 3.54. The highest BCUT2D eigenvalue weighted by molar-refractivity contribution is 7.99. The Balaban J connectivity index is 1.50. The van der Waals surface area contributed by atoms with E-state index in [1.54, 1.807) is 0 Å². The molecule has 1 N–H and O–H groups in total. The first kappa shape index (κ1) is 19.3. The smallest absolute Gasteiger partial charge is 0.230 e. The highest BCUT2D eigenvalue weighted by Crippen LogP contribution is 2.39. The van der Waals surface area contributed by atoms with Gasteiger partial charge in [-0.3, -0.25) is 9.20 Å². The predicted octanol–water partition coefficient (Wildman–Crippen LogP) is 4.49. The zero-order valence-electron chi connectivity index (χ0n) is 17.0. The van der Waals surface area contributed by atoms with E-state index in [0.29, 0.717) is 11.8 Å². The lowest BCUT2D eigenvalue weighted by molar-refractivity contribution is -0.119. The molecule has 5 rings (SSSR count). The van der Waals surface area contributed by atoms with Crippen molar-refractivity contribution >= 4 is 44.9 Å². The number of amides is 1. The lowest BCUT2D eigenvalue weighted by Gasteiger charge is -2.13. The Hall–Kier alpha value is -1.67. The molecule has 6 nitrogen and oxygen atoms in total. The van der Waals surface area contributed by atoms with E-state index in [1.807, 2.05) is 11.3 Å². The van der Waals surface area contributed by atoms with E-state index in [9.17, 15) is 4.79 Å². The van der Waals surface area contributed by atoms with Crippen molar-refractivity contribution in [3.8, 4) is 0 Å². The lowest BCUT2D eigenvalue weighted by atomic mass is 9.97. The maximum Gasteiger partial charge on any atom is 0.230 e. The SMILES string of the molecule is CC(C)c1nc2sc3c(c2c2nnc(SCC(=O)NC4CCCC4)n12)CCCC3. The molecule has 0 bridgehead atoms. The minimum Gasteiger partial charge on any atom is -0.353 e. The van der Waals surface area contributed by atoms with Gasteiger partial charge in [0.15, 0.2) is 10.8 Å². The Morgan fingerprint density at radius 3 is 2.79 bits per heavy atom. The monoisotopic (exact) mass is 429 g/mol. The van der Waals surface area contributed by atoms with Gasteiger partial charge in [0.25, 0.3) is 0 Å². The van der Waals surface area contributed by atoms with Crippen molar-refractivity contribution in [1.82, 2.24) is 24.9 Å². The van der Waals surface area contributed by atoms with Crippen LogP contribution in [0.3, 0.4) is 0 Å². The van der Waals surface area contributed by atoms with Crippen LogP contribution in [-0.4, -0.2) is 37.3 Å². The summed E-state index contributed by atoms with van der Waals surface area (Å²) in [5.41, 5.74) is 2.34. The van der Waals surface area contributed by atoms with Crippen molar-refractivity contribution in [3.05, 3.63) is 16.3 Å². The van der Waals surface area contributed by atoms with Gasteiger partial charge in [0, 0.05) is 16.8 Å². The number of thioether (sulfide) groups is 1. The number of carbonyl (C=O) groups is 1. The Kier molecular flexibility index (Phi) is 5.24. The van der Waals surface area contributed by atoms with Crippen molar-refractivity contribution in [3.63, 3.8) is 0 Å². The van der Waals surface area contributed by atoms with Crippen LogP contribution in [0.15, 0.2) is 5.16 Å². The molecule has 29 heavy (non-hydrogen) atoms. The third-order valence-electron chi connectivity index (χ3n) is 6.02. The van der Waals surface area contributed by atoms with Crippen molar-refractivity contribution in [2.24, 2.45) is 0 Å². The fraction of sp³-hybridized carbons (Fsp3) is 0.619. The summed E-state index contributed by atoms with van der Waals surface area (Å²) < 4.78 is 2.10. The molecule has 0 atom stereocenters. The summed E-state index contributed by atoms with van der Waals surface area (Å²) in [7, 11) is 0. The van der Waals surface area contributed by atoms with Gasteiger partial charge >= 0.3 is 0 Å². The van der Waals surface area contributed by atoms with E-state index in [-0.39, 0.29) is 11.8 Å². The van der Waals surface area contributed by atoms with Gasteiger partial charge in [-0.05, 0) is 44.1 Å². The number of aromatic nitrogens is 4. The first-order valence-electron chi connectivity index (χ1n) is 10.7. The van der Waals surface area contributed by atoms with Gasteiger partial charge in [0.05, 0.1) is 11.1 Å². The Morgan fingerprint density at radius 2 is 2.00 bits per heavy atom. The zero-order chi connectivity index (χ0) is 20.0. The maximum atomic E-state index is 12.4. The fourth-order valence-electron chi connectivity index (χ4n) is 4.60. The minimum absolute atomic E-state index is 0.0895. The van der Waals surface area contributed by atoms with Crippen LogP contribution in [-0.2, 0) is 17.6 Å². The summed E-state index contributed by atoms with van der Waals surface area (Å²) in [6, 6.07) is 0.350. The van der Waals surface area contributed by atoms with Crippen LogP contribution in [0.25, 0.3) is 15.9 Å². The maximum absolute atomic E-state index is 12.4. The van der Waals surface area contributed by atoms with E-state index in [1.165, 1.54) is 53.3 Å². The van der Waals surface area contributed by atoms with Crippen molar-refractivity contribution in [2.75, 3.05) is 5.75 Å². The minimum atomic E-state index is 0.0895. The number of nitrogens with one attached hydrogen (secondary N) is 1. The summed E-state index contributed by atoms with van der Waals surface area (Å²) in [4.78, 5) is 20.0. The number of aryl methyl sites for hydroxylation is 2. The quantitative estimate of drug-likeness (QED) is 0.605. The Labute approximate surface area is 178 Å². The molecule has 0 aliphatic heterocycles. The Morgan fingerprint density at radius 1 is 1.21 bits per heavy atom. The van der Waals surface area contributed by atoms with E-state index >= 15 is 0 Å². The van der Waals surface area contributed by atoms with Crippen molar-refractivity contribution in [2.45, 2.75) is 82.3 Å². The van der Waals surface area contributed by atoms with E-state index in [4.69, 9.17) is 4.98 Å². The molecule has 0 aromatic carbocycles. The van der Waals surface area contributed by atoms with Crippen LogP contribution in [0.4, 0.5) is 0 Å². The standard InChI is InChI=1S/C21H27N5OS2/c1-12(2)18-23-20-17(14-9-5-6-10-15(14)29-20)19-24-25-21(26(18)19)28-11-16(27)22-13-7-3-4-8-13/h12-13H,3-11H2,1-2H3,(H,22,27). The van der Waals surface area contributed by atoms with Crippen LogP contribution in [0.5, 0.6) is 0 Å². The normalized spacial score (nSPS) is 17.5. The van der Waals surface area contributed by atoms with Crippen molar-refractivity contribution < 1.29 is 4.79 Å². The third-order valence-corrected chi connectivity index (χ3v) is 8.14. The van der Waals surface area contributed by atoms with Crippen LogP contribution in [0.1, 0.15) is 74.6 Å². The second kappa shape index (κ2) is 7.87. The van der Waals surface area contributed by atoms with Gasteiger partial charge in [-0.1, -0.05) is 38.5 Å². The topological polar surface area (TPSA) is 72.2 Å². The number of hydrogen-bond acceptors (Lipinski definition) is 6. The summed E-state index contributed by atoms with van der Waals surface area (Å²) >= 11 is 3.30. The van der Waals surface area contributed by atoms with E-state index in [0.717, 1.165) is 47.1 Å². The molecule has 0 spiro atoms. The fourth-order valence-corrected chi connectivity index (χ4v) is 6.62. The molecule has 3 heterocycles.